The summed E-state index contributed by atoms with van der Waals surface area (Å²) in [5.41, 5.74) is 4.89. The van der Waals surface area contributed by atoms with Gasteiger partial charge in [-0.05, 0) is 98.2 Å². The quantitative estimate of drug-likeness (QED) is 0.103. The van der Waals surface area contributed by atoms with E-state index in [1.807, 2.05) is 130 Å². The normalized spacial score (nSPS) is 17.3. The van der Waals surface area contributed by atoms with Crippen molar-refractivity contribution in [1.29, 1.82) is 0 Å². The average molecular weight is 677 g/mol. The van der Waals surface area contributed by atoms with Crippen LogP contribution >= 0.6 is 0 Å². The first-order valence-electron chi connectivity index (χ1n) is 17.9. The van der Waals surface area contributed by atoms with Crippen LogP contribution in [0.4, 0.5) is 0 Å². The van der Waals surface area contributed by atoms with Gasteiger partial charge in [0, 0.05) is 24.8 Å². The molecule has 0 radical (unpaired) electrons. The fourth-order valence-corrected chi connectivity index (χ4v) is 6.96. The van der Waals surface area contributed by atoms with Crippen molar-refractivity contribution in [2.75, 3.05) is 0 Å². The lowest BCUT2D eigenvalue weighted by Crippen LogP contribution is -2.41. The molecule has 1 aliphatic rings. The molecule has 4 aromatic rings. The first-order chi connectivity index (χ1) is 24.0. The second kappa shape index (κ2) is 17.5. The minimum atomic E-state index is -0.735. The molecular formula is C43H52N2O5. The predicted molar refractivity (Wildman–Crippen MR) is 197 cm³/mol. The fraction of sp³-hybridized carbons (Fsp3) is 0.395. The van der Waals surface area contributed by atoms with Crippen molar-refractivity contribution in [3.05, 3.63) is 137 Å². The SMILES string of the molecule is CC(C)(C)NC(=O)CCC(Cc1ccccc1)C(O)CC(CC(=O)N[C@H]1c2ccccc2C[C@@H]1O)Cc1ccc(OCc2ccccc2)cc1. The van der Waals surface area contributed by atoms with Crippen molar-refractivity contribution in [3.8, 4) is 5.75 Å². The zero-order valence-corrected chi connectivity index (χ0v) is 29.6. The van der Waals surface area contributed by atoms with Crippen LogP contribution in [-0.4, -0.2) is 39.8 Å². The van der Waals surface area contributed by atoms with Crippen LogP contribution in [0.25, 0.3) is 0 Å². The Hall–Kier alpha value is -4.46. The Labute approximate surface area is 297 Å². The molecule has 4 N–H and O–H groups in total. The topological polar surface area (TPSA) is 108 Å². The molecule has 3 unspecified atom stereocenters. The Balaban J connectivity index is 1.30. The van der Waals surface area contributed by atoms with Crippen LogP contribution in [0.5, 0.6) is 5.75 Å². The molecule has 0 fully saturated rings. The molecule has 4 aromatic carbocycles. The van der Waals surface area contributed by atoms with Crippen LogP contribution in [0.15, 0.2) is 109 Å². The summed E-state index contributed by atoms with van der Waals surface area (Å²) in [7, 11) is 0. The highest BCUT2D eigenvalue weighted by Gasteiger charge is 2.33. The van der Waals surface area contributed by atoms with E-state index in [0.717, 1.165) is 33.6 Å². The molecule has 5 rings (SSSR count). The van der Waals surface area contributed by atoms with E-state index in [9.17, 15) is 19.8 Å². The molecule has 0 saturated carbocycles. The van der Waals surface area contributed by atoms with Crippen LogP contribution in [0.2, 0.25) is 0 Å². The van der Waals surface area contributed by atoms with Gasteiger partial charge in [-0.2, -0.15) is 0 Å². The molecule has 50 heavy (non-hydrogen) atoms. The van der Waals surface area contributed by atoms with E-state index in [4.69, 9.17) is 4.74 Å². The number of fused-ring (bicyclic) bond motifs is 1. The largest absolute Gasteiger partial charge is 0.489 e. The fourth-order valence-electron chi connectivity index (χ4n) is 6.96. The van der Waals surface area contributed by atoms with E-state index in [1.165, 1.54) is 0 Å². The van der Waals surface area contributed by atoms with Gasteiger partial charge in [-0.25, -0.2) is 0 Å². The summed E-state index contributed by atoms with van der Waals surface area (Å²) in [6, 6.07) is 35.4. The number of hydrogen-bond acceptors (Lipinski definition) is 5. The van der Waals surface area contributed by atoms with E-state index in [0.29, 0.717) is 45.1 Å². The number of aliphatic hydroxyl groups excluding tert-OH is 2. The van der Waals surface area contributed by atoms with Gasteiger partial charge >= 0.3 is 0 Å². The van der Waals surface area contributed by atoms with Gasteiger partial charge in [-0.1, -0.05) is 97.1 Å². The highest BCUT2D eigenvalue weighted by atomic mass is 16.5. The standard InChI is InChI=1S/C43H52N2O5/c1-43(2,3)45-40(48)23-20-35(25-30-12-6-4-7-13-30)38(46)26-33(27-41(49)44-42-37-17-11-10-16-34(37)28-39(42)47)24-31-18-21-36(22-19-31)50-29-32-14-8-5-9-15-32/h4-19,21-22,33,35,38-39,42,46-47H,20,23-29H2,1-3H3,(H,44,49)(H,45,48)/t33?,35?,38?,39-,42-/m0/s1. The highest BCUT2D eigenvalue weighted by Crippen LogP contribution is 2.32. The van der Waals surface area contributed by atoms with Gasteiger partial charge in [0.2, 0.25) is 11.8 Å². The number of amides is 2. The Morgan fingerprint density at radius 1 is 0.800 bits per heavy atom. The van der Waals surface area contributed by atoms with E-state index in [1.54, 1.807) is 0 Å². The minimum Gasteiger partial charge on any atom is -0.489 e. The Kier molecular flexibility index (Phi) is 12.9. The van der Waals surface area contributed by atoms with Crippen molar-refractivity contribution < 1.29 is 24.5 Å². The molecule has 0 aliphatic heterocycles. The van der Waals surface area contributed by atoms with Gasteiger partial charge < -0.3 is 25.6 Å². The molecule has 2 amide bonds. The summed E-state index contributed by atoms with van der Waals surface area (Å²) in [6.45, 7) is 6.35. The van der Waals surface area contributed by atoms with E-state index in [2.05, 4.69) is 10.6 Å². The van der Waals surface area contributed by atoms with Gasteiger partial charge in [0.05, 0.1) is 18.2 Å². The molecular weight excluding hydrogens is 624 g/mol. The van der Waals surface area contributed by atoms with Crippen LogP contribution in [0.3, 0.4) is 0 Å². The maximum absolute atomic E-state index is 13.6. The lowest BCUT2D eigenvalue weighted by atomic mass is 9.82. The van der Waals surface area contributed by atoms with Crippen LogP contribution in [0.1, 0.15) is 80.3 Å². The van der Waals surface area contributed by atoms with E-state index in [-0.39, 0.29) is 35.6 Å². The molecule has 0 heterocycles. The number of hydrogen-bond donors (Lipinski definition) is 4. The molecule has 264 valence electrons. The smallest absolute Gasteiger partial charge is 0.220 e. The molecule has 0 aromatic heterocycles. The lowest BCUT2D eigenvalue weighted by Gasteiger charge is -2.28. The third-order valence-electron chi connectivity index (χ3n) is 9.41. The molecule has 0 saturated heterocycles. The van der Waals surface area contributed by atoms with E-state index >= 15 is 0 Å². The third-order valence-corrected chi connectivity index (χ3v) is 9.41. The van der Waals surface area contributed by atoms with Crippen molar-refractivity contribution in [2.24, 2.45) is 11.8 Å². The first-order valence-corrected chi connectivity index (χ1v) is 17.9. The zero-order chi connectivity index (χ0) is 35.5. The van der Waals surface area contributed by atoms with Gasteiger partial charge in [0.15, 0.2) is 0 Å². The number of carbonyl (C=O) groups excluding carboxylic acids is 2. The maximum Gasteiger partial charge on any atom is 0.220 e. The maximum atomic E-state index is 13.6. The summed E-state index contributed by atoms with van der Waals surface area (Å²) in [6.07, 6.45) is 1.71. The Morgan fingerprint density at radius 3 is 2.10 bits per heavy atom. The molecule has 1 aliphatic carbocycles. The number of nitrogens with one attached hydrogen (secondary N) is 2. The molecule has 7 nitrogen and oxygen atoms in total. The Bertz CT molecular complexity index is 1650. The second-order valence-electron chi connectivity index (χ2n) is 14.8. The average Bonchev–Trinajstić information content (AvgIpc) is 3.40. The predicted octanol–water partition coefficient (Wildman–Crippen LogP) is 6.89. The van der Waals surface area contributed by atoms with Crippen LogP contribution < -0.4 is 15.4 Å². The first kappa shape index (κ1) is 36.8. The lowest BCUT2D eigenvalue weighted by molar-refractivity contribution is -0.124. The zero-order valence-electron chi connectivity index (χ0n) is 29.6. The van der Waals surface area contributed by atoms with Crippen molar-refractivity contribution in [2.45, 2.75) is 96.1 Å². The summed E-state index contributed by atoms with van der Waals surface area (Å²) in [5.74, 6) is 0.207. The van der Waals surface area contributed by atoms with Gasteiger partial charge in [0.25, 0.3) is 0 Å². The second-order valence-corrected chi connectivity index (χ2v) is 14.8. The number of carbonyl (C=O) groups is 2. The number of aliphatic hydroxyl groups is 2. The molecule has 0 spiro atoms. The summed E-state index contributed by atoms with van der Waals surface area (Å²) in [4.78, 5) is 26.4. The van der Waals surface area contributed by atoms with Crippen molar-refractivity contribution in [3.63, 3.8) is 0 Å². The van der Waals surface area contributed by atoms with Crippen LogP contribution in [-0.2, 0) is 35.5 Å². The molecule has 0 bridgehead atoms. The van der Waals surface area contributed by atoms with Crippen molar-refractivity contribution in [1.82, 2.24) is 10.6 Å². The summed E-state index contributed by atoms with van der Waals surface area (Å²) in [5, 5.41) is 28.8. The van der Waals surface area contributed by atoms with Crippen molar-refractivity contribution >= 4 is 11.8 Å². The highest BCUT2D eigenvalue weighted by molar-refractivity contribution is 5.77. The summed E-state index contributed by atoms with van der Waals surface area (Å²) >= 11 is 0. The Morgan fingerprint density at radius 2 is 1.42 bits per heavy atom. The van der Waals surface area contributed by atoms with Crippen LogP contribution in [0, 0.1) is 11.8 Å². The van der Waals surface area contributed by atoms with Gasteiger partial charge in [-0.15, -0.1) is 0 Å². The van der Waals surface area contributed by atoms with E-state index < -0.39 is 18.2 Å². The number of benzene rings is 4. The molecule has 5 atom stereocenters. The van der Waals surface area contributed by atoms with Gasteiger partial charge in [0.1, 0.15) is 12.4 Å². The monoisotopic (exact) mass is 676 g/mol. The summed E-state index contributed by atoms with van der Waals surface area (Å²) < 4.78 is 6.00. The molecule has 7 heteroatoms. The number of ether oxygens (including phenoxy) is 1. The minimum absolute atomic E-state index is 0.0383. The number of rotatable bonds is 16. The van der Waals surface area contributed by atoms with Gasteiger partial charge in [-0.3, -0.25) is 9.59 Å². The third kappa shape index (κ3) is 11.3.